The van der Waals surface area contributed by atoms with Crippen molar-refractivity contribution in [2.24, 2.45) is 4.99 Å². The van der Waals surface area contributed by atoms with E-state index in [1.165, 1.54) is 31.3 Å². The molecule has 8 aromatic carbocycles. The van der Waals surface area contributed by atoms with Crippen molar-refractivity contribution in [1.82, 2.24) is 0 Å². The highest BCUT2D eigenvalue weighted by Gasteiger charge is 2.23. The highest BCUT2D eigenvalue weighted by atomic mass is 32.1. The van der Waals surface area contributed by atoms with Crippen LogP contribution in [0.3, 0.4) is 0 Å². The average Bonchev–Trinajstić information content (AvgIpc) is 4.00. The van der Waals surface area contributed by atoms with Gasteiger partial charge in [-0.1, -0.05) is 146 Å². The zero-order valence-electron chi connectivity index (χ0n) is 32.9. The summed E-state index contributed by atoms with van der Waals surface area (Å²) in [5, 5.41) is 6.98. The molecule has 0 fully saturated rings. The van der Waals surface area contributed by atoms with Gasteiger partial charge in [-0.3, -0.25) is 0 Å². The summed E-state index contributed by atoms with van der Waals surface area (Å²) < 4.78 is 16.4. The Bertz CT molecular complexity index is 3600. The molecule has 1 aliphatic rings. The summed E-state index contributed by atoms with van der Waals surface area (Å²) >= 11 is 1.84. The van der Waals surface area contributed by atoms with Crippen LogP contribution >= 0.6 is 11.3 Å². The summed E-state index contributed by atoms with van der Waals surface area (Å²) in [6.07, 6.45) is 4.01. The zero-order chi connectivity index (χ0) is 39.7. The van der Waals surface area contributed by atoms with Crippen LogP contribution in [0.2, 0.25) is 0 Å². The van der Waals surface area contributed by atoms with E-state index in [1.54, 1.807) is 0 Å². The number of furan rings is 2. The molecule has 0 saturated heterocycles. The lowest BCUT2D eigenvalue weighted by Crippen LogP contribution is -2.08. The predicted octanol–water partition coefficient (Wildman–Crippen LogP) is 16.3. The number of rotatable bonds is 5. The fourth-order valence-corrected chi connectivity index (χ4v) is 10.6. The second-order valence-corrected chi connectivity index (χ2v) is 16.7. The second-order valence-electron chi connectivity index (χ2n) is 15.7. The molecule has 284 valence electrons. The zero-order valence-corrected chi connectivity index (χ0v) is 33.7. The lowest BCUT2D eigenvalue weighted by molar-refractivity contribution is 0.667. The molecule has 3 aromatic heterocycles. The molecule has 11 aromatic rings. The number of benzene rings is 8. The Morgan fingerprint density at radius 2 is 1.15 bits per heavy atom. The van der Waals surface area contributed by atoms with Crippen LogP contribution in [0.15, 0.2) is 201 Å². The number of aliphatic imine (C=N–C) groups is 1. The van der Waals surface area contributed by atoms with Gasteiger partial charge in [-0.2, -0.15) is 0 Å². The molecule has 0 saturated carbocycles. The second kappa shape index (κ2) is 13.9. The molecule has 1 aliphatic heterocycles. The first kappa shape index (κ1) is 34.7. The number of hydrogen-bond donors (Lipinski definition) is 0. The van der Waals surface area contributed by atoms with Crippen LogP contribution in [0.4, 0.5) is 0 Å². The Labute approximate surface area is 350 Å². The molecule has 12 rings (SSSR count). The highest BCUT2D eigenvalue weighted by molar-refractivity contribution is 7.25. The van der Waals surface area contributed by atoms with E-state index in [0.717, 1.165) is 107 Å². The molecular weight excluding hydrogens is 751 g/mol. The first-order valence-corrected chi connectivity index (χ1v) is 21.4. The first-order chi connectivity index (χ1) is 29.7. The van der Waals surface area contributed by atoms with E-state index >= 15 is 0 Å². The van der Waals surface area contributed by atoms with Crippen molar-refractivity contribution >= 4 is 92.4 Å². The smallest absolute Gasteiger partial charge is 0.143 e. The van der Waals surface area contributed by atoms with E-state index in [9.17, 15) is 0 Å². The number of hydrogen-bond acceptors (Lipinski definition) is 4. The summed E-state index contributed by atoms with van der Waals surface area (Å²) in [6, 6.07) is 62.6. The van der Waals surface area contributed by atoms with Crippen molar-refractivity contribution in [1.29, 1.82) is 0 Å². The average molecular weight is 788 g/mol. The Morgan fingerprint density at radius 1 is 0.467 bits per heavy atom. The van der Waals surface area contributed by atoms with Crippen LogP contribution < -0.4 is 0 Å². The standard InChI is InChI=1S/C56H37NO2S/c1-34-38(21-13-25-47(35-15-4-2-5-16-35)57-54(34)36-17-6-3-7-18-36)42-23-12-24-43-40-30-29-37(33-49(40)59-55(42)43)39-31-32-44(56-53(39)45-19-8-10-26-48(45)58-56)41-22-14-28-51-52(41)46-20-9-11-27-50(46)60-51/h2-12,14-20,22-33H,13,21H2,1H3/b38-34+,47-25+,57-54+. The van der Waals surface area contributed by atoms with E-state index in [4.69, 9.17) is 13.8 Å². The van der Waals surface area contributed by atoms with E-state index in [0.29, 0.717) is 0 Å². The normalized spacial score (nSPS) is 16.7. The molecule has 0 radical (unpaired) electrons. The third-order valence-corrected chi connectivity index (χ3v) is 13.4. The molecule has 4 heteroatoms. The van der Waals surface area contributed by atoms with Crippen molar-refractivity contribution < 1.29 is 8.83 Å². The minimum absolute atomic E-state index is 0.863. The van der Waals surface area contributed by atoms with Crippen molar-refractivity contribution in [3.8, 4) is 22.3 Å². The van der Waals surface area contributed by atoms with Gasteiger partial charge in [0.05, 0.1) is 11.4 Å². The molecule has 4 heterocycles. The summed E-state index contributed by atoms with van der Waals surface area (Å²) in [5.41, 5.74) is 15.8. The van der Waals surface area contributed by atoms with Crippen molar-refractivity contribution in [2.75, 3.05) is 0 Å². The molecule has 60 heavy (non-hydrogen) atoms. The molecule has 3 nitrogen and oxygen atoms in total. The van der Waals surface area contributed by atoms with Gasteiger partial charge in [-0.05, 0) is 89.6 Å². The Balaban J connectivity index is 1.02. The maximum absolute atomic E-state index is 6.99. The van der Waals surface area contributed by atoms with Crippen molar-refractivity contribution in [3.63, 3.8) is 0 Å². The summed E-state index contributed by atoms with van der Waals surface area (Å²) in [4.78, 5) is 5.38. The lowest BCUT2D eigenvalue weighted by atomic mass is 9.89. The predicted molar refractivity (Wildman–Crippen MR) is 254 cm³/mol. The Morgan fingerprint density at radius 3 is 2.02 bits per heavy atom. The first-order valence-electron chi connectivity index (χ1n) is 20.6. The molecule has 0 bridgehead atoms. The maximum atomic E-state index is 6.99. The quantitative estimate of drug-likeness (QED) is 0.174. The summed E-state index contributed by atoms with van der Waals surface area (Å²) in [6.45, 7) is 2.22. The largest absolute Gasteiger partial charge is 0.455 e. The fourth-order valence-electron chi connectivity index (χ4n) is 9.42. The maximum Gasteiger partial charge on any atom is 0.143 e. The molecule has 0 spiro atoms. The van der Waals surface area contributed by atoms with Crippen LogP contribution in [-0.2, 0) is 0 Å². The minimum atomic E-state index is 0.863. The molecule has 0 atom stereocenters. The third kappa shape index (κ3) is 5.52. The number of fused-ring (bicyclic) bond motifs is 9. The Kier molecular flexibility index (Phi) is 8.07. The van der Waals surface area contributed by atoms with E-state index in [-0.39, 0.29) is 0 Å². The van der Waals surface area contributed by atoms with Crippen LogP contribution in [0.1, 0.15) is 36.5 Å². The number of nitrogens with zero attached hydrogens (tertiary/aromatic N) is 1. The monoisotopic (exact) mass is 787 g/mol. The molecule has 0 aliphatic carbocycles. The van der Waals surface area contributed by atoms with Crippen LogP contribution in [0, 0.1) is 0 Å². The molecule has 0 N–H and O–H groups in total. The van der Waals surface area contributed by atoms with Gasteiger partial charge < -0.3 is 8.83 Å². The molecular formula is C56H37NO2S. The van der Waals surface area contributed by atoms with Gasteiger partial charge in [0.2, 0.25) is 0 Å². The van der Waals surface area contributed by atoms with Crippen LogP contribution in [0.5, 0.6) is 0 Å². The van der Waals surface area contributed by atoms with Crippen LogP contribution in [0.25, 0.3) is 97.6 Å². The van der Waals surface area contributed by atoms with Gasteiger partial charge >= 0.3 is 0 Å². The fraction of sp³-hybridized carbons (Fsp3) is 0.0536. The topological polar surface area (TPSA) is 38.6 Å². The van der Waals surface area contributed by atoms with E-state index in [1.807, 2.05) is 11.3 Å². The molecule has 0 amide bonds. The minimum Gasteiger partial charge on any atom is -0.455 e. The van der Waals surface area contributed by atoms with E-state index in [2.05, 4.69) is 189 Å². The highest BCUT2D eigenvalue weighted by Crippen LogP contribution is 2.47. The Hall–Kier alpha value is -7.27. The van der Waals surface area contributed by atoms with Crippen molar-refractivity contribution in [2.45, 2.75) is 19.8 Å². The SMILES string of the molecule is CC1=C(\c2cccc3c2oc2cc(-c4ccc(-c5cccc6sc7ccccc7c56)c5oc6ccccc6c45)ccc23)CC/C=C(c2ccccc2)/N=C\1c1ccccc1. The van der Waals surface area contributed by atoms with Gasteiger partial charge in [0.25, 0.3) is 0 Å². The summed E-state index contributed by atoms with van der Waals surface area (Å²) in [7, 11) is 0. The van der Waals surface area contributed by atoms with Crippen LogP contribution in [-0.4, -0.2) is 5.71 Å². The van der Waals surface area contributed by atoms with Gasteiger partial charge in [0.1, 0.15) is 22.3 Å². The number of thiophene rings is 1. The van der Waals surface area contributed by atoms with Gasteiger partial charge in [-0.25, -0.2) is 4.99 Å². The number of allylic oxidation sites excluding steroid dienone is 3. The lowest BCUT2D eigenvalue weighted by Gasteiger charge is -2.19. The summed E-state index contributed by atoms with van der Waals surface area (Å²) in [5.74, 6) is 0. The van der Waals surface area contributed by atoms with Gasteiger partial charge in [-0.15, -0.1) is 11.3 Å². The van der Waals surface area contributed by atoms with Crippen molar-refractivity contribution in [3.05, 3.63) is 204 Å². The van der Waals surface area contributed by atoms with E-state index < -0.39 is 0 Å². The number of para-hydroxylation sites is 2. The third-order valence-electron chi connectivity index (χ3n) is 12.2. The van der Waals surface area contributed by atoms with Gasteiger partial charge in [0, 0.05) is 58.4 Å². The van der Waals surface area contributed by atoms with Gasteiger partial charge in [0.15, 0.2) is 0 Å². The molecule has 0 unspecified atom stereocenters.